The third kappa shape index (κ3) is 3.97. The van der Waals surface area contributed by atoms with Crippen molar-refractivity contribution in [2.24, 2.45) is 5.92 Å². The van der Waals surface area contributed by atoms with E-state index in [9.17, 15) is 5.11 Å². The first-order chi connectivity index (χ1) is 8.90. The number of allylic oxidation sites excluding steroid dienone is 2. The van der Waals surface area contributed by atoms with Crippen LogP contribution in [0.25, 0.3) is 0 Å². The largest absolute Gasteiger partial charge is 0.396 e. The fourth-order valence-electron chi connectivity index (χ4n) is 2.52. The maximum Gasteiger partial charge on any atom is 0.0511 e. The van der Waals surface area contributed by atoms with Crippen LogP contribution >= 0.6 is 0 Å². The van der Waals surface area contributed by atoms with E-state index in [4.69, 9.17) is 0 Å². The first kappa shape index (κ1) is 13.3. The molecule has 0 fully saturated rings. The second-order valence-electron chi connectivity index (χ2n) is 5.10. The molecule has 0 heterocycles. The van der Waals surface area contributed by atoms with Gasteiger partial charge in [-0.25, -0.2) is 0 Å². The molecule has 0 bridgehead atoms. The van der Waals surface area contributed by atoms with E-state index in [-0.39, 0.29) is 12.5 Å². The third-order valence-electron chi connectivity index (χ3n) is 3.69. The van der Waals surface area contributed by atoms with Crippen LogP contribution in [0.15, 0.2) is 42.5 Å². The predicted octanol–water partition coefficient (Wildman–Crippen LogP) is 2.71. The highest BCUT2D eigenvalue weighted by atomic mass is 16.3. The van der Waals surface area contributed by atoms with Crippen LogP contribution in [-0.2, 0) is 0 Å². The van der Waals surface area contributed by atoms with Gasteiger partial charge in [0.25, 0.3) is 0 Å². The highest BCUT2D eigenvalue weighted by Crippen LogP contribution is 2.18. The van der Waals surface area contributed by atoms with Crippen molar-refractivity contribution in [3.63, 3.8) is 0 Å². The SMILES string of the molecule is OC[C@@H](CNC[C@@H]1CC=CCC1)c1ccccc1. The van der Waals surface area contributed by atoms with Gasteiger partial charge in [0.1, 0.15) is 0 Å². The summed E-state index contributed by atoms with van der Waals surface area (Å²) in [6.45, 7) is 2.13. The Hall–Kier alpha value is -1.12. The Kier molecular flexibility index (Phi) is 5.43. The molecule has 0 spiro atoms. The van der Waals surface area contributed by atoms with Crippen LogP contribution in [0.1, 0.15) is 30.7 Å². The van der Waals surface area contributed by atoms with E-state index in [1.54, 1.807) is 0 Å². The number of hydrogen-bond acceptors (Lipinski definition) is 2. The van der Waals surface area contributed by atoms with Crippen LogP contribution in [0, 0.1) is 5.92 Å². The van der Waals surface area contributed by atoms with Gasteiger partial charge in [0.05, 0.1) is 6.61 Å². The quantitative estimate of drug-likeness (QED) is 0.755. The molecule has 2 rings (SSSR count). The number of nitrogens with one attached hydrogen (secondary N) is 1. The summed E-state index contributed by atoms with van der Waals surface area (Å²) in [7, 11) is 0. The van der Waals surface area contributed by atoms with Gasteiger partial charge in [-0.15, -0.1) is 0 Å². The molecular weight excluding hydrogens is 222 g/mol. The Bertz CT molecular complexity index is 361. The minimum Gasteiger partial charge on any atom is -0.396 e. The third-order valence-corrected chi connectivity index (χ3v) is 3.69. The number of rotatable bonds is 6. The van der Waals surface area contributed by atoms with Crippen molar-refractivity contribution in [3.8, 4) is 0 Å². The predicted molar refractivity (Wildman–Crippen MR) is 75.6 cm³/mol. The lowest BCUT2D eigenvalue weighted by molar-refractivity contribution is 0.259. The summed E-state index contributed by atoms with van der Waals surface area (Å²) in [5.74, 6) is 0.982. The summed E-state index contributed by atoms with van der Waals surface area (Å²) in [5.41, 5.74) is 1.22. The zero-order valence-electron chi connectivity index (χ0n) is 10.9. The second kappa shape index (κ2) is 7.34. The zero-order chi connectivity index (χ0) is 12.6. The van der Waals surface area contributed by atoms with E-state index in [1.807, 2.05) is 18.2 Å². The van der Waals surface area contributed by atoms with Gasteiger partial charge >= 0.3 is 0 Å². The Morgan fingerprint density at radius 2 is 2.06 bits per heavy atom. The van der Waals surface area contributed by atoms with Crippen molar-refractivity contribution in [1.29, 1.82) is 0 Å². The fraction of sp³-hybridized carbons (Fsp3) is 0.500. The van der Waals surface area contributed by atoms with Gasteiger partial charge in [0.15, 0.2) is 0 Å². The highest BCUT2D eigenvalue weighted by molar-refractivity contribution is 5.19. The molecule has 1 aromatic carbocycles. The van der Waals surface area contributed by atoms with Gasteiger partial charge in [-0.3, -0.25) is 0 Å². The van der Waals surface area contributed by atoms with E-state index < -0.39 is 0 Å². The molecule has 0 saturated heterocycles. The molecule has 0 radical (unpaired) electrons. The van der Waals surface area contributed by atoms with Crippen LogP contribution in [-0.4, -0.2) is 24.8 Å². The summed E-state index contributed by atoms with van der Waals surface area (Å²) < 4.78 is 0. The van der Waals surface area contributed by atoms with Crippen molar-refractivity contribution in [3.05, 3.63) is 48.0 Å². The molecule has 0 aliphatic heterocycles. The summed E-state index contributed by atoms with van der Waals surface area (Å²) in [6.07, 6.45) is 8.27. The normalized spacial score (nSPS) is 20.8. The van der Waals surface area contributed by atoms with Gasteiger partial charge in [-0.05, 0) is 37.3 Å². The Morgan fingerprint density at radius 1 is 1.22 bits per heavy atom. The van der Waals surface area contributed by atoms with Crippen molar-refractivity contribution in [2.45, 2.75) is 25.2 Å². The fourth-order valence-corrected chi connectivity index (χ4v) is 2.52. The summed E-state index contributed by atoms with van der Waals surface area (Å²) in [6, 6.07) is 10.3. The molecule has 2 nitrogen and oxygen atoms in total. The average molecular weight is 245 g/mol. The molecule has 18 heavy (non-hydrogen) atoms. The van der Waals surface area contributed by atoms with Crippen molar-refractivity contribution < 1.29 is 5.11 Å². The van der Waals surface area contributed by atoms with E-state index >= 15 is 0 Å². The van der Waals surface area contributed by atoms with Crippen molar-refractivity contribution in [2.75, 3.05) is 19.7 Å². The van der Waals surface area contributed by atoms with Crippen molar-refractivity contribution >= 4 is 0 Å². The summed E-state index contributed by atoms with van der Waals surface area (Å²) >= 11 is 0. The topological polar surface area (TPSA) is 32.3 Å². The Balaban J connectivity index is 1.75. The lowest BCUT2D eigenvalue weighted by atomic mass is 9.94. The lowest BCUT2D eigenvalue weighted by Crippen LogP contribution is -2.29. The number of aliphatic hydroxyl groups excluding tert-OH is 1. The molecule has 1 aliphatic carbocycles. The smallest absolute Gasteiger partial charge is 0.0511 e. The Morgan fingerprint density at radius 3 is 2.72 bits per heavy atom. The first-order valence-electron chi connectivity index (χ1n) is 6.91. The minimum atomic E-state index is 0.210. The van der Waals surface area contributed by atoms with E-state index in [0.29, 0.717) is 0 Å². The molecule has 2 atom stereocenters. The number of aliphatic hydroxyl groups is 1. The molecule has 0 aromatic heterocycles. The monoisotopic (exact) mass is 245 g/mol. The molecular formula is C16H23NO. The second-order valence-corrected chi connectivity index (χ2v) is 5.10. The van der Waals surface area contributed by atoms with Crippen LogP contribution in [0.4, 0.5) is 0 Å². The van der Waals surface area contributed by atoms with E-state index in [1.165, 1.54) is 24.8 Å². The molecule has 1 aromatic rings. The standard InChI is InChI=1S/C16H23NO/c18-13-16(15-9-5-2-6-10-15)12-17-11-14-7-3-1-4-8-14/h1-3,5-6,9-10,14,16-18H,4,7-8,11-13H2/t14-,16-/m1/s1. The molecule has 2 heteroatoms. The lowest BCUT2D eigenvalue weighted by Gasteiger charge is -2.21. The summed E-state index contributed by atoms with van der Waals surface area (Å²) in [4.78, 5) is 0. The number of benzene rings is 1. The first-order valence-corrected chi connectivity index (χ1v) is 6.91. The molecule has 0 saturated carbocycles. The Labute approximate surface area is 110 Å². The molecule has 0 amide bonds. The number of hydrogen-bond donors (Lipinski definition) is 2. The summed E-state index contributed by atoms with van der Waals surface area (Å²) in [5, 5.41) is 13.0. The highest BCUT2D eigenvalue weighted by Gasteiger charge is 2.12. The van der Waals surface area contributed by atoms with Gasteiger partial charge in [0.2, 0.25) is 0 Å². The molecule has 98 valence electrons. The van der Waals surface area contributed by atoms with Gasteiger partial charge in [0, 0.05) is 12.5 Å². The molecule has 2 N–H and O–H groups in total. The molecule has 0 unspecified atom stereocenters. The van der Waals surface area contributed by atoms with Crippen LogP contribution < -0.4 is 5.32 Å². The van der Waals surface area contributed by atoms with Gasteiger partial charge in [-0.2, -0.15) is 0 Å². The maximum atomic E-state index is 9.47. The zero-order valence-corrected chi connectivity index (χ0v) is 10.9. The minimum absolute atomic E-state index is 0.210. The van der Waals surface area contributed by atoms with Crippen LogP contribution in [0.5, 0.6) is 0 Å². The van der Waals surface area contributed by atoms with Crippen LogP contribution in [0.2, 0.25) is 0 Å². The van der Waals surface area contributed by atoms with Crippen molar-refractivity contribution in [1.82, 2.24) is 5.32 Å². The van der Waals surface area contributed by atoms with E-state index in [0.717, 1.165) is 19.0 Å². The van der Waals surface area contributed by atoms with E-state index in [2.05, 4.69) is 29.6 Å². The van der Waals surface area contributed by atoms with Gasteiger partial charge in [-0.1, -0.05) is 42.5 Å². The maximum absolute atomic E-state index is 9.47. The van der Waals surface area contributed by atoms with Crippen LogP contribution in [0.3, 0.4) is 0 Å². The van der Waals surface area contributed by atoms with Gasteiger partial charge < -0.3 is 10.4 Å². The average Bonchev–Trinajstić information content (AvgIpc) is 2.46. The molecule has 1 aliphatic rings.